The van der Waals surface area contributed by atoms with E-state index in [9.17, 15) is 9.59 Å². The molecule has 1 aliphatic carbocycles. The molecule has 0 atom stereocenters. The second-order valence-electron chi connectivity index (χ2n) is 9.27. The smallest absolute Gasteiger partial charge is 0.303 e. The molecule has 1 rings (SSSR count). The highest BCUT2D eigenvalue weighted by Gasteiger charge is 2.23. The van der Waals surface area contributed by atoms with Crippen LogP contribution in [0.5, 0.6) is 0 Å². The fourth-order valence-electron chi connectivity index (χ4n) is 4.55. The first kappa shape index (κ1) is 26.1. The Morgan fingerprint density at radius 1 is 0.724 bits per heavy atom. The van der Waals surface area contributed by atoms with Crippen LogP contribution in [0.2, 0.25) is 0 Å². The average molecular weight is 410 g/mol. The minimum Gasteiger partial charge on any atom is -0.481 e. The van der Waals surface area contributed by atoms with Crippen molar-refractivity contribution < 1.29 is 14.7 Å². The van der Waals surface area contributed by atoms with Crippen molar-refractivity contribution in [1.29, 1.82) is 0 Å². The van der Waals surface area contributed by atoms with Crippen LogP contribution in [0, 0.1) is 11.8 Å². The zero-order valence-corrected chi connectivity index (χ0v) is 19.1. The van der Waals surface area contributed by atoms with E-state index < -0.39 is 5.97 Å². The molecule has 1 saturated carbocycles. The minimum atomic E-state index is -0.662. The van der Waals surface area contributed by atoms with Crippen LogP contribution in [0.3, 0.4) is 0 Å². The number of hydrogen-bond donors (Lipinski definition) is 2. The van der Waals surface area contributed by atoms with Gasteiger partial charge in [-0.3, -0.25) is 9.59 Å². The Labute approximate surface area is 179 Å². The summed E-state index contributed by atoms with van der Waals surface area (Å²) >= 11 is 0. The third kappa shape index (κ3) is 15.6. The summed E-state index contributed by atoms with van der Waals surface area (Å²) < 4.78 is 0. The molecule has 0 radical (unpaired) electrons. The number of hydrogen-bond acceptors (Lipinski definition) is 3. The van der Waals surface area contributed by atoms with Crippen molar-refractivity contribution in [2.45, 2.75) is 122 Å². The van der Waals surface area contributed by atoms with Gasteiger partial charge in [0.15, 0.2) is 0 Å². The molecule has 1 aliphatic rings. The van der Waals surface area contributed by atoms with Gasteiger partial charge in [-0.15, -0.1) is 0 Å². The molecule has 0 unspecified atom stereocenters. The van der Waals surface area contributed by atoms with Crippen LogP contribution in [0.4, 0.5) is 0 Å². The van der Waals surface area contributed by atoms with Crippen LogP contribution in [-0.4, -0.2) is 29.9 Å². The number of nitrogens with one attached hydrogen (secondary N) is 1. The number of carboxylic acid groups (broad SMARTS) is 1. The lowest BCUT2D eigenvalue weighted by Crippen LogP contribution is -2.28. The molecule has 0 aromatic heterocycles. The Morgan fingerprint density at radius 3 is 1.62 bits per heavy atom. The maximum atomic E-state index is 11.4. The molecule has 1 fully saturated rings. The van der Waals surface area contributed by atoms with Gasteiger partial charge in [0, 0.05) is 12.3 Å². The van der Waals surface area contributed by atoms with Gasteiger partial charge in [-0.2, -0.15) is 0 Å². The number of carbonyl (C=O) groups excluding carboxylic acids is 1. The molecule has 2 N–H and O–H groups in total. The maximum Gasteiger partial charge on any atom is 0.303 e. The highest BCUT2D eigenvalue weighted by atomic mass is 16.4. The monoisotopic (exact) mass is 409 g/mol. The molecular weight excluding hydrogens is 362 g/mol. The van der Waals surface area contributed by atoms with Crippen LogP contribution < -0.4 is 5.32 Å². The Bertz CT molecular complexity index is 416. The molecule has 0 heterocycles. The third-order valence-corrected chi connectivity index (χ3v) is 6.60. The minimum absolute atomic E-state index is 0.333. The molecule has 0 spiro atoms. The van der Waals surface area contributed by atoms with E-state index in [0.29, 0.717) is 18.1 Å². The van der Waals surface area contributed by atoms with Crippen LogP contribution in [0.1, 0.15) is 122 Å². The van der Waals surface area contributed by atoms with Gasteiger partial charge in [0.1, 0.15) is 5.78 Å². The van der Waals surface area contributed by atoms with Crippen molar-refractivity contribution >= 4 is 11.8 Å². The topological polar surface area (TPSA) is 66.4 Å². The SMILES string of the molecule is CC(=O)[C@H]1CC[C@H](CNCCCCCCCCCCCCCCCC(=O)O)CC1. The van der Waals surface area contributed by atoms with Gasteiger partial charge in [0.2, 0.25) is 0 Å². The van der Waals surface area contributed by atoms with Crippen molar-refractivity contribution in [1.82, 2.24) is 5.32 Å². The lowest BCUT2D eigenvalue weighted by Gasteiger charge is -2.27. The summed E-state index contributed by atoms with van der Waals surface area (Å²) in [4.78, 5) is 21.8. The van der Waals surface area contributed by atoms with Crippen molar-refractivity contribution in [2.24, 2.45) is 11.8 Å². The molecule has 0 aromatic rings. The highest BCUT2D eigenvalue weighted by Crippen LogP contribution is 2.28. The highest BCUT2D eigenvalue weighted by molar-refractivity contribution is 5.78. The Balaban J connectivity index is 1.72. The van der Waals surface area contributed by atoms with E-state index in [0.717, 1.165) is 44.7 Å². The van der Waals surface area contributed by atoms with Crippen molar-refractivity contribution in [2.75, 3.05) is 13.1 Å². The quantitative estimate of drug-likeness (QED) is 0.238. The number of Topliss-reactive ketones (excluding diaryl/α,β-unsaturated/α-hetero) is 1. The van der Waals surface area contributed by atoms with Gasteiger partial charge in [-0.05, 0) is 64.5 Å². The number of unbranched alkanes of at least 4 members (excludes halogenated alkanes) is 12. The molecule has 0 bridgehead atoms. The summed E-state index contributed by atoms with van der Waals surface area (Å²) in [7, 11) is 0. The third-order valence-electron chi connectivity index (χ3n) is 6.60. The van der Waals surface area contributed by atoms with Crippen molar-refractivity contribution in [3.8, 4) is 0 Å². The first-order valence-corrected chi connectivity index (χ1v) is 12.5. The fourth-order valence-corrected chi connectivity index (χ4v) is 4.55. The second-order valence-corrected chi connectivity index (χ2v) is 9.27. The zero-order valence-electron chi connectivity index (χ0n) is 19.1. The van der Waals surface area contributed by atoms with E-state index in [2.05, 4.69) is 5.32 Å². The second kappa shape index (κ2) is 17.9. The van der Waals surface area contributed by atoms with Crippen molar-refractivity contribution in [3.05, 3.63) is 0 Å². The fraction of sp³-hybridized carbons (Fsp3) is 0.920. The lowest BCUT2D eigenvalue weighted by atomic mass is 9.80. The van der Waals surface area contributed by atoms with E-state index in [1.807, 2.05) is 0 Å². The number of rotatable bonds is 19. The summed E-state index contributed by atoms with van der Waals surface area (Å²) in [6.45, 7) is 4.04. The van der Waals surface area contributed by atoms with Crippen LogP contribution in [0.25, 0.3) is 0 Å². The molecular formula is C25H47NO3. The first-order valence-electron chi connectivity index (χ1n) is 12.5. The van der Waals surface area contributed by atoms with Gasteiger partial charge in [-0.1, -0.05) is 70.6 Å². The van der Waals surface area contributed by atoms with E-state index in [1.54, 1.807) is 6.92 Å². The van der Waals surface area contributed by atoms with E-state index in [1.165, 1.54) is 83.5 Å². The van der Waals surface area contributed by atoms with Crippen molar-refractivity contribution in [3.63, 3.8) is 0 Å². The molecule has 170 valence electrons. The normalized spacial score (nSPS) is 19.3. The van der Waals surface area contributed by atoms with E-state index in [4.69, 9.17) is 5.11 Å². The van der Waals surface area contributed by atoms with Gasteiger partial charge in [0.25, 0.3) is 0 Å². The van der Waals surface area contributed by atoms with E-state index >= 15 is 0 Å². The number of carboxylic acids is 1. The van der Waals surface area contributed by atoms with Gasteiger partial charge >= 0.3 is 5.97 Å². The van der Waals surface area contributed by atoms with Gasteiger partial charge in [0.05, 0.1) is 0 Å². The molecule has 4 nitrogen and oxygen atoms in total. The summed E-state index contributed by atoms with van der Waals surface area (Å²) in [5, 5.41) is 12.2. The average Bonchev–Trinajstić information content (AvgIpc) is 2.70. The largest absolute Gasteiger partial charge is 0.481 e. The standard InChI is InChI=1S/C25H47NO3/c1-22(27)24-18-16-23(17-19-24)21-26-20-14-12-10-8-6-4-2-3-5-7-9-11-13-15-25(28)29/h23-24,26H,2-21H2,1H3,(H,28,29)/t23-,24-. The number of carbonyl (C=O) groups is 2. The summed E-state index contributed by atoms with van der Waals surface area (Å²) in [6.07, 6.45) is 21.5. The van der Waals surface area contributed by atoms with Crippen LogP contribution in [-0.2, 0) is 9.59 Å². The summed E-state index contributed by atoms with van der Waals surface area (Å²) in [5.41, 5.74) is 0. The molecule has 29 heavy (non-hydrogen) atoms. The number of aliphatic carboxylic acids is 1. The Kier molecular flexibility index (Phi) is 16.1. The number of ketones is 1. The predicted octanol–water partition coefficient (Wildman–Crippen LogP) is 6.52. The Hall–Kier alpha value is -0.900. The maximum absolute atomic E-state index is 11.4. The molecule has 0 saturated heterocycles. The van der Waals surface area contributed by atoms with Crippen LogP contribution in [0.15, 0.2) is 0 Å². The van der Waals surface area contributed by atoms with Gasteiger partial charge in [-0.25, -0.2) is 0 Å². The first-order chi connectivity index (χ1) is 14.1. The van der Waals surface area contributed by atoms with Crippen LogP contribution >= 0.6 is 0 Å². The molecule has 0 amide bonds. The zero-order chi connectivity index (χ0) is 21.2. The Morgan fingerprint density at radius 2 is 1.17 bits per heavy atom. The van der Waals surface area contributed by atoms with Gasteiger partial charge < -0.3 is 10.4 Å². The molecule has 0 aromatic carbocycles. The molecule has 0 aliphatic heterocycles. The lowest BCUT2D eigenvalue weighted by molar-refractivity contribution is -0.137. The van der Waals surface area contributed by atoms with E-state index in [-0.39, 0.29) is 0 Å². The summed E-state index contributed by atoms with van der Waals surface area (Å²) in [6, 6.07) is 0. The molecule has 4 heteroatoms. The summed E-state index contributed by atoms with van der Waals surface area (Å²) in [5.74, 6) is 0.865. The predicted molar refractivity (Wildman–Crippen MR) is 121 cm³/mol.